The van der Waals surface area contributed by atoms with Gasteiger partial charge < -0.3 is 25.2 Å². The lowest BCUT2D eigenvalue weighted by molar-refractivity contribution is -0.137. The third-order valence-electron chi connectivity index (χ3n) is 5.34. The van der Waals surface area contributed by atoms with Gasteiger partial charge in [0.2, 0.25) is 0 Å². The number of rotatable bonds is 12. The summed E-state index contributed by atoms with van der Waals surface area (Å²) in [6, 6.07) is 9.01. The van der Waals surface area contributed by atoms with E-state index in [1.54, 1.807) is 0 Å². The number of carboxylic acids is 1. The van der Waals surface area contributed by atoms with Crippen molar-refractivity contribution < 1.29 is 30.0 Å². The minimum absolute atomic E-state index is 0.142. The summed E-state index contributed by atoms with van der Waals surface area (Å²) in [7, 11) is 1.83. The van der Waals surface area contributed by atoms with Crippen LogP contribution in [0.15, 0.2) is 42.5 Å². The summed E-state index contributed by atoms with van der Waals surface area (Å²) in [4.78, 5) is 12.4. The van der Waals surface area contributed by atoms with Crippen LogP contribution < -0.4 is 4.74 Å². The fourth-order valence-electron chi connectivity index (χ4n) is 3.95. The first kappa shape index (κ1) is 23.3. The number of hydrogen-bond donors (Lipinski definition) is 4. The number of ether oxygens (including phenoxy) is 1. The number of benzene rings is 1. The predicted octanol–water partition coefficient (Wildman–Crippen LogP) is 1.67. The molecule has 1 aromatic rings. The molecule has 162 valence electrons. The first-order valence-corrected chi connectivity index (χ1v) is 10.2. The molecule has 1 aliphatic rings. The molecule has 1 saturated carbocycles. The van der Waals surface area contributed by atoms with Crippen LogP contribution in [0.25, 0.3) is 0 Å². The molecular formula is C22H33NO6. The summed E-state index contributed by atoms with van der Waals surface area (Å²) in [6.07, 6.45) is 4.18. The molecule has 1 aromatic carbocycles. The molecule has 4 N–H and O–H groups in total. The maximum Gasteiger partial charge on any atom is 0.303 e. The summed E-state index contributed by atoms with van der Waals surface area (Å²) in [5.74, 6) is -0.256. The number of carboxylic acid groups (broad SMARTS) is 1. The van der Waals surface area contributed by atoms with E-state index in [1.807, 2.05) is 54.4 Å². The first-order valence-electron chi connectivity index (χ1n) is 10.2. The lowest BCUT2D eigenvalue weighted by Crippen LogP contribution is -2.46. The fourth-order valence-corrected chi connectivity index (χ4v) is 3.95. The summed E-state index contributed by atoms with van der Waals surface area (Å²) >= 11 is 0. The van der Waals surface area contributed by atoms with E-state index in [4.69, 9.17) is 9.84 Å². The number of hydrogen-bond acceptors (Lipinski definition) is 6. The van der Waals surface area contributed by atoms with E-state index in [2.05, 4.69) is 0 Å². The third kappa shape index (κ3) is 7.78. The highest BCUT2D eigenvalue weighted by molar-refractivity contribution is 5.66. The SMILES string of the molecule is CN(CC(O)COc1ccccc1)[C@@H]1[C@@H](CC=CCCCC(=O)O)[C@@H](O)C[C@H]1O. The molecule has 1 fully saturated rings. The zero-order chi connectivity index (χ0) is 21.2. The van der Waals surface area contributed by atoms with Crippen LogP contribution >= 0.6 is 0 Å². The first-order chi connectivity index (χ1) is 13.9. The predicted molar refractivity (Wildman–Crippen MR) is 110 cm³/mol. The Hall–Kier alpha value is -1.93. The molecule has 1 aliphatic carbocycles. The number of nitrogens with zero attached hydrogens (tertiary/aromatic N) is 1. The van der Waals surface area contributed by atoms with Crippen molar-refractivity contribution in [3.63, 3.8) is 0 Å². The maximum atomic E-state index is 10.5. The second kappa shape index (κ2) is 11.9. The van der Waals surface area contributed by atoms with E-state index < -0.39 is 24.3 Å². The van der Waals surface area contributed by atoms with Crippen LogP contribution in [0.5, 0.6) is 5.75 Å². The van der Waals surface area contributed by atoms with Gasteiger partial charge >= 0.3 is 5.97 Å². The van der Waals surface area contributed by atoms with Crippen molar-refractivity contribution in [2.45, 2.75) is 56.5 Å². The Morgan fingerprint density at radius 2 is 1.97 bits per heavy atom. The zero-order valence-corrected chi connectivity index (χ0v) is 16.9. The molecule has 0 aromatic heterocycles. The molecule has 1 unspecified atom stereocenters. The molecule has 0 aliphatic heterocycles. The number of unbranched alkanes of at least 4 members (excludes halogenated alkanes) is 1. The Bertz CT molecular complexity index is 637. The van der Waals surface area contributed by atoms with E-state index >= 15 is 0 Å². The van der Waals surface area contributed by atoms with Crippen LogP contribution in [0.4, 0.5) is 0 Å². The van der Waals surface area contributed by atoms with Gasteiger partial charge in [-0.15, -0.1) is 0 Å². The molecule has 0 radical (unpaired) electrons. The van der Waals surface area contributed by atoms with Gasteiger partial charge in [-0.2, -0.15) is 0 Å². The molecule has 0 heterocycles. The van der Waals surface area contributed by atoms with Crippen LogP contribution in [0.2, 0.25) is 0 Å². The van der Waals surface area contributed by atoms with Crippen molar-refractivity contribution in [1.82, 2.24) is 4.90 Å². The molecule has 0 amide bonds. The minimum atomic E-state index is -0.802. The molecular weight excluding hydrogens is 374 g/mol. The van der Waals surface area contributed by atoms with Crippen LogP contribution in [-0.2, 0) is 4.79 Å². The number of aliphatic hydroxyl groups excluding tert-OH is 3. The Labute approximate surface area is 172 Å². The second-order valence-electron chi connectivity index (χ2n) is 7.74. The topological polar surface area (TPSA) is 110 Å². The van der Waals surface area contributed by atoms with E-state index in [0.717, 1.165) is 0 Å². The van der Waals surface area contributed by atoms with E-state index in [1.165, 1.54) is 0 Å². The average Bonchev–Trinajstić information content (AvgIpc) is 2.96. The Morgan fingerprint density at radius 3 is 2.66 bits per heavy atom. The molecule has 7 heteroatoms. The van der Waals surface area contributed by atoms with Gasteiger partial charge in [-0.25, -0.2) is 0 Å². The Kier molecular flexibility index (Phi) is 9.60. The average molecular weight is 408 g/mol. The van der Waals surface area contributed by atoms with Crippen molar-refractivity contribution >= 4 is 5.97 Å². The van der Waals surface area contributed by atoms with Gasteiger partial charge in [0, 0.05) is 31.3 Å². The Morgan fingerprint density at radius 1 is 1.24 bits per heavy atom. The molecule has 5 atom stereocenters. The van der Waals surface area contributed by atoms with Crippen LogP contribution in [0, 0.1) is 5.92 Å². The number of aliphatic carboxylic acids is 1. The quantitative estimate of drug-likeness (QED) is 0.308. The zero-order valence-electron chi connectivity index (χ0n) is 16.9. The summed E-state index contributed by atoms with van der Waals surface area (Å²) < 4.78 is 5.58. The van der Waals surface area contributed by atoms with Gasteiger partial charge in [-0.1, -0.05) is 30.4 Å². The van der Waals surface area contributed by atoms with Crippen molar-refractivity contribution in [3.8, 4) is 5.75 Å². The lowest BCUT2D eigenvalue weighted by atomic mass is 9.95. The van der Waals surface area contributed by atoms with Gasteiger partial charge in [0.25, 0.3) is 0 Å². The largest absolute Gasteiger partial charge is 0.491 e. The van der Waals surface area contributed by atoms with Crippen molar-refractivity contribution in [2.75, 3.05) is 20.2 Å². The van der Waals surface area contributed by atoms with Crippen molar-refractivity contribution in [1.29, 1.82) is 0 Å². The monoisotopic (exact) mass is 407 g/mol. The molecule has 2 rings (SSSR count). The van der Waals surface area contributed by atoms with Gasteiger partial charge in [-0.3, -0.25) is 9.69 Å². The third-order valence-corrected chi connectivity index (χ3v) is 5.34. The van der Waals surface area contributed by atoms with Crippen molar-refractivity contribution in [2.24, 2.45) is 5.92 Å². The molecule has 29 heavy (non-hydrogen) atoms. The fraction of sp³-hybridized carbons (Fsp3) is 0.591. The van der Waals surface area contributed by atoms with Crippen LogP contribution in [0.3, 0.4) is 0 Å². The van der Waals surface area contributed by atoms with Crippen LogP contribution in [0.1, 0.15) is 32.1 Å². The number of para-hydroxylation sites is 1. The molecule has 0 bridgehead atoms. The summed E-state index contributed by atoms with van der Waals surface area (Å²) in [6.45, 7) is 0.466. The molecule has 0 saturated heterocycles. The summed E-state index contributed by atoms with van der Waals surface area (Å²) in [5, 5.41) is 39.8. The van der Waals surface area contributed by atoms with Crippen molar-refractivity contribution in [3.05, 3.63) is 42.5 Å². The number of allylic oxidation sites excluding steroid dienone is 2. The lowest BCUT2D eigenvalue weighted by Gasteiger charge is -2.33. The number of aliphatic hydroxyl groups is 3. The standard InChI is InChI=1S/C22H33NO6/c1-23(14-16(24)15-29-17-9-5-4-6-10-17)22-18(19(25)13-20(22)26)11-7-2-3-8-12-21(27)28/h2,4-7,9-10,16,18-20,22,24-26H,3,8,11-15H2,1H3,(H,27,28)/t16?,18-,19-,20+,22+/m0/s1. The summed E-state index contributed by atoms with van der Waals surface area (Å²) in [5.41, 5.74) is 0. The highest BCUT2D eigenvalue weighted by atomic mass is 16.5. The Balaban J connectivity index is 1.82. The maximum absolute atomic E-state index is 10.5. The smallest absolute Gasteiger partial charge is 0.303 e. The highest BCUT2D eigenvalue weighted by Crippen LogP contribution is 2.33. The van der Waals surface area contributed by atoms with Crippen LogP contribution in [-0.4, -0.2) is 75.8 Å². The second-order valence-corrected chi connectivity index (χ2v) is 7.74. The number of likely N-dealkylation sites (N-methyl/N-ethyl adjacent to an activating group) is 1. The van der Waals surface area contributed by atoms with E-state index in [9.17, 15) is 20.1 Å². The van der Waals surface area contributed by atoms with Gasteiger partial charge in [0.05, 0.1) is 12.2 Å². The minimum Gasteiger partial charge on any atom is -0.491 e. The van der Waals surface area contributed by atoms with Gasteiger partial charge in [0.15, 0.2) is 0 Å². The van der Waals surface area contributed by atoms with E-state index in [-0.39, 0.29) is 25.0 Å². The van der Waals surface area contributed by atoms with E-state index in [0.29, 0.717) is 38.0 Å². The van der Waals surface area contributed by atoms with Gasteiger partial charge in [-0.05, 0) is 38.4 Å². The highest BCUT2D eigenvalue weighted by Gasteiger charge is 2.43. The van der Waals surface area contributed by atoms with Gasteiger partial charge in [0.1, 0.15) is 18.5 Å². The molecule has 7 nitrogen and oxygen atoms in total. The number of carbonyl (C=O) groups is 1. The molecule has 0 spiro atoms. The normalized spacial score (nSPS) is 25.6.